The molecule has 130 valence electrons. The molecule has 1 amide bonds. The van der Waals surface area contributed by atoms with Gasteiger partial charge in [0.15, 0.2) is 0 Å². The van der Waals surface area contributed by atoms with Crippen molar-refractivity contribution < 1.29 is 18.0 Å². The highest BCUT2D eigenvalue weighted by Gasteiger charge is 2.28. The molecule has 1 aromatic rings. The Bertz CT molecular complexity index is 802. The van der Waals surface area contributed by atoms with Crippen molar-refractivity contribution in [3.8, 4) is 6.07 Å². The fourth-order valence-corrected chi connectivity index (χ4v) is 2.62. The molecule has 0 fully saturated rings. The molecule has 0 spiro atoms. The van der Waals surface area contributed by atoms with Crippen LogP contribution in [0.15, 0.2) is 9.59 Å². The normalized spacial score (nSPS) is 14.4. The quantitative estimate of drug-likeness (QED) is 0.852. The van der Waals surface area contributed by atoms with Crippen molar-refractivity contribution in [3.63, 3.8) is 0 Å². The minimum absolute atomic E-state index is 0.236. The lowest BCUT2D eigenvalue weighted by Crippen LogP contribution is -2.47. The number of nitriles is 1. The van der Waals surface area contributed by atoms with E-state index in [1.54, 1.807) is 11.4 Å². The highest BCUT2D eigenvalue weighted by Crippen LogP contribution is 2.14. The molecule has 24 heavy (non-hydrogen) atoms. The van der Waals surface area contributed by atoms with Gasteiger partial charge in [0.25, 0.3) is 5.56 Å². The molecule has 0 atom stereocenters. The Morgan fingerprint density at radius 3 is 2.58 bits per heavy atom. The lowest BCUT2D eigenvalue weighted by molar-refractivity contribution is -0.138. The second kappa shape index (κ2) is 6.90. The van der Waals surface area contributed by atoms with Gasteiger partial charge in [0.1, 0.15) is 24.7 Å². The number of nitrogens with zero attached hydrogens (tertiary/aromatic N) is 3. The van der Waals surface area contributed by atoms with E-state index in [1.807, 2.05) is 0 Å². The number of carbonyl (C=O) groups is 1. The number of amides is 1. The lowest BCUT2D eigenvalue weighted by atomic mass is 10.1. The van der Waals surface area contributed by atoms with E-state index in [1.165, 1.54) is 4.57 Å². The van der Waals surface area contributed by atoms with E-state index in [2.05, 4.69) is 0 Å². The molecule has 0 saturated heterocycles. The molecule has 0 unspecified atom stereocenters. The predicted molar refractivity (Wildman–Crippen MR) is 76.3 cm³/mol. The van der Waals surface area contributed by atoms with Gasteiger partial charge in [-0.25, -0.2) is 9.36 Å². The van der Waals surface area contributed by atoms with Gasteiger partial charge in [0, 0.05) is 12.2 Å². The van der Waals surface area contributed by atoms with E-state index in [0.29, 0.717) is 29.6 Å². The maximum absolute atomic E-state index is 12.4. The highest BCUT2D eigenvalue weighted by atomic mass is 19.4. The smallest absolute Gasteiger partial charge is 0.345 e. The SMILES string of the molecule is N#Cc1c2n(c(=O)n(CC(=O)NCC(F)(F)F)c1=O)CCCCC2. The van der Waals surface area contributed by atoms with E-state index < -0.39 is 36.4 Å². The van der Waals surface area contributed by atoms with Gasteiger partial charge < -0.3 is 5.32 Å². The molecule has 1 N–H and O–H groups in total. The summed E-state index contributed by atoms with van der Waals surface area (Å²) in [4.78, 5) is 36.3. The van der Waals surface area contributed by atoms with Crippen LogP contribution in [0.3, 0.4) is 0 Å². The fraction of sp³-hybridized carbons (Fsp3) is 0.571. The second-order valence-electron chi connectivity index (χ2n) is 5.46. The number of aromatic nitrogens is 2. The van der Waals surface area contributed by atoms with Crippen LogP contribution in [0.4, 0.5) is 13.2 Å². The van der Waals surface area contributed by atoms with Crippen LogP contribution < -0.4 is 16.6 Å². The van der Waals surface area contributed by atoms with E-state index in [-0.39, 0.29) is 5.56 Å². The Labute approximate surface area is 134 Å². The first-order valence-corrected chi connectivity index (χ1v) is 7.34. The maximum Gasteiger partial charge on any atom is 0.405 e. The average Bonchev–Trinajstić information content (AvgIpc) is 2.75. The zero-order valence-electron chi connectivity index (χ0n) is 12.7. The standard InChI is InChI=1S/C14H15F3N4O3/c15-14(16,17)8-19-11(22)7-21-12(23)9(6-18)10-4-2-1-3-5-20(10)13(21)24/h1-5,7-8H2,(H,19,22). The van der Waals surface area contributed by atoms with Crippen molar-refractivity contribution in [1.29, 1.82) is 5.26 Å². The largest absolute Gasteiger partial charge is 0.405 e. The number of hydrogen-bond acceptors (Lipinski definition) is 4. The summed E-state index contributed by atoms with van der Waals surface area (Å²) >= 11 is 0. The number of halogens is 3. The first kappa shape index (κ1) is 17.8. The van der Waals surface area contributed by atoms with Crippen LogP contribution in [0.2, 0.25) is 0 Å². The van der Waals surface area contributed by atoms with Crippen LogP contribution in [0.1, 0.15) is 30.5 Å². The predicted octanol–water partition coefficient (Wildman–Crippen LogP) is 0.287. The number of alkyl halides is 3. The zero-order chi connectivity index (χ0) is 17.9. The molecular weight excluding hydrogens is 329 g/mol. The highest BCUT2D eigenvalue weighted by molar-refractivity contribution is 5.75. The van der Waals surface area contributed by atoms with Gasteiger partial charge in [-0.3, -0.25) is 14.2 Å². The summed E-state index contributed by atoms with van der Waals surface area (Å²) < 4.78 is 38.1. The minimum atomic E-state index is -4.60. The Balaban J connectivity index is 2.39. The Hall–Kier alpha value is -2.57. The molecule has 1 aromatic heterocycles. The summed E-state index contributed by atoms with van der Waals surface area (Å²) in [5, 5.41) is 10.8. The van der Waals surface area contributed by atoms with Gasteiger partial charge in [-0.15, -0.1) is 0 Å². The third kappa shape index (κ3) is 3.84. The van der Waals surface area contributed by atoms with Gasteiger partial charge in [-0.2, -0.15) is 18.4 Å². The molecule has 0 aliphatic carbocycles. The fourth-order valence-electron chi connectivity index (χ4n) is 2.62. The van der Waals surface area contributed by atoms with Crippen molar-refractivity contribution in [1.82, 2.24) is 14.5 Å². The summed E-state index contributed by atoms with van der Waals surface area (Å²) in [6.45, 7) is -2.12. The summed E-state index contributed by atoms with van der Waals surface area (Å²) in [6, 6.07) is 1.74. The number of fused-ring (bicyclic) bond motifs is 1. The molecule has 1 aliphatic heterocycles. The molecule has 2 heterocycles. The number of rotatable bonds is 3. The van der Waals surface area contributed by atoms with Crippen molar-refractivity contribution in [2.24, 2.45) is 0 Å². The Morgan fingerprint density at radius 2 is 1.96 bits per heavy atom. The third-order valence-corrected chi connectivity index (χ3v) is 3.73. The maximum atomic E-state index is 12.4. The topological polar surface area (TPSA) is 96.9 Å². The summed E-state index contributed by atoms with van der Waals surface area (Å²) in [5.74, 6) is -1.12. The van der Waals surface area contributed by atoms with Crippen molar-refractivity contribution in [2.75, 3.05) is 6.54 Å². The lowest BCUT2D eigenvalue weighted by Gasteiger charge is -2.14. The van der Waals surface area contributed by atoms with Gasteiger partial charge in [-0.1, -0.05) is 6.42 Å². The molecule has 0 radical (unpaired) electrons. The van der Waals surface area contributed by atoms with Crippen LogP contribution in [0, 0.1) is 11.3 Å². The number of nitrogens with one attached hydrogen (secondary N) is 1. The van der Waals surface area contributed by atoms with Gasteiger partial charge >= 0.3 is 11.9 Å². The molecule has 0 bridgehead atoms. The first-order chi connectivity index (χ1) is 11.2. The number of hydrogen-bond donors (Lipinski definition) is 1. The average molecular weight is 344 g/mol. The van der Waals surface area contributed by atoms with Crippen LogP contribution in [-0.4, -0.2) is 27.8 Å². The molecule has 1 aliphatic rings. The summed E-state index contributed by atoms with van der Waals surface area (Å²) in [7, 11) is 0. The number of carbonyl (C=O) groups excluding carboxylic acids is 1. The zero-order valence-corrected chi connectivity index (χ0v) is 12.7. The van der Waals surface area contributed by atoms with Gasteiger partial charge in [-0.05, 0) is 19.3 Å². The molecule has 0 aromatic carbocycles. The molecule has 7 nitrogen and oxygen atoms in total. The van der Waals surface area contributed by atoms with E-state index in [9.17, 15) is 32.8 Å². The van der Waals surface area contributed by atoms with Gasteiger partial charge in [0.2, 0.25) is 5.91 Å². The van der Waals surface area contributed by atoms with Crippen LogP contribution in [0.5, 0.6) is 0 Å². The van der Waals surface area contributed by atoms with E-state index in [0.717, 1.165) is 12.8 Å². The third-order valence-electron chi connectivity index (χ3n) is 3.73. The molecule has 10 heteroatoms. The summed E-state index contributed by atoms with van der Waals surface area (Å²) in [6.07, 6.45) is -1.97. The summed E-state index contributed by atoms with van der Waals surface area (Å²) in [5.41, 5.74) is -1.63. The molecule has 2 rings (SSSR count). The van der Waals surface area contributed by atoms with Gasteiger partial charge in [0.05, 0.1) is 0 Å². The Kier molecular flexibility index (Phi) is 5.11. The van der Waals surface area contributed by atoms with Crippen LogP contribution in [0.25, 0.3) is 0 Å². The Morgan fingerprint density at radius 1 is 1.25 bits per heavy atom. The molecular formula is C14H15F3N4O3. The molecule has 0 saturated carbocycles. The van der Waals surface area contributed by atoms with Crippen molar-refractivity contribution in [3.05, 3.63) is 32.1 Å². The minimum Gasteiger partial charge on any atom is -0.345 e. The van der Waals surface area contributed by atoms with Crippen LogP contribution in [-0.2, 0) is 24.3 Å². The van der Waals surface area contributed by atoms with E-state index in [4.69, 9.17) is 0 Å². The first-order valence-electron chi connectivity index (χ1n) is 7.34. The van der Waals surface area contributed by atoms with Crippen molar-refractivity contribution >= 4 is 5.91 Å². The second-order valence-corrected chi connectivity index (χ2v) is 5.46. The van der Waals surface area contributed by atoms with Crippen molar-refractivity contribution in [2.45, 2.75) is 44.9 Å². The monoisotopic (exact) mass is 344 g/mol. The van der Waals surface area contributed by atoms with Crippen LogP contribution >= 0.6 is 0 Å². The van der Waals surface area contributed by atoms with E-state index >= 15 is 0 Å².